The first kappa shape index (κ1) is 10.6. The van der Waals surface area contributed by atoms with Gasteiger partial charge in [0.2, 0.25) is 0 Å². The molecule has 0 bridgehead atoms. The topological polar surface area (TPSA) is 66.9 Å². The molecule has 1 fully saturated rings. The Bertz CT molecular complexity index is 456. The van der Waals surface area contributed by atoms with Gasteiger partial charge in [0.25, 0.3) is 5.69 Å². The lowest BCUT2D eigenvalue weighted by molar-refractivity contribution is -0.384. The highest BCUT2D eigenvalue weighted by Crippen LogP contribution is 2.41. The molecule has 0 spiro atoms. The molecular weight excluding hydrogens is 204 g/mol. The van der Waals surface area contributed by atoms with Gasteiger partial charge in [-0.15, -0.1) is 0 Å². The van der Waals surface area contributed by atoms with E-state index in [9.17, 15) is 15.4 Å². The van der Waals surface area contributed by atoms with E-state index >= 15 is 0 Å². The van der Waals surface area contributed by atoms with Crippen LogP contribution in [0.1, 0.15) is 31.2 Å². The van der Waals surface area contributed by atoms with Crippen LogP contribution in [-0.2, 0) is 5.41 Å². The molecule has 0 heterocycles. The normalized spacial score (nSPS) is 17.9. The van der Waals surface area contributed by atoms with Crippen LogP contribution in [0, 0.1) is 21.4 Å². The van der Waals surface area contributed by atoms with E-state index in [1.54, 1.807) is 6.07 Å². The van der Waals surface area contributed by atoms with Crippen molar-refractivity contribution in [2.24, 2.45) is 0 Å². The third-order valence-electron chi connectivity index (χ3n) is 3.28. The Morgan fingerprint density at radius 2 is 2.06 bits per heavy atom. The molecule has 1 saturated carbocycles. The summed E-state index contributed by atoms with van der Waals surface area (Å²) >= 11 is 0. The summed E-state index contributed by atoms with van der Waals surface area (Å²) in [5.41, 5.74) is 0.368. The molecule has 0 N–H and O–H groups in total. The van der Waals surface area contributed by atoms with E-state index in [2.05, 4.69) is 6.07 Å². The van der Waals surface area contributed by atoms with Crippen molar-refractivity contribution in [3.05, 3.63) is 39.9 Å². The Kier molecular flexibility index (Phi) is 2.61. The Hall–Kier alpha value is -1.89. The first-order valence-corrected chi connectivity index (χ1v) is 5.34. The molecule has 0 unspecified atom stereocenters. The monoisotopic (exact) mass is 216 g/mol. The van der Waals surface area contributed by atoms with Crippen molar-refractivity contribution in [3.63, 3.8) is 0 Å². The highest BCUT2D eigenvalue weighted by molar-refractivity contribution is 5.42. The summed E-state index contributed by atoms with van der Waals surface area (Å²) < 4.78 is 0. The maximum absolute atomic E-state index is 10.7. The van der Waals surface area contributed by atoms with Crippen molar-refractivity contribution in [2.75, 3.05) is 0 Å². The first-order chi connectivity index (χ1) is 7.68. The quantitative estimate of drug-likeness (QED) is 0.563. The highest BCUT2D eigenvalue weighted by atomic mass is 16.6. The molecule has 1 aromatic carbocycles. The number of benzene rings is 1. The van der Waals surface area contributed by atoms with Gasteiger partial charge in [-0.25, -0.2) is 0 Å². The van der Waals surface area contributed by atoms with Gasteiger partial charge in [0.1, 0.15) is 0 Å². The van der Waals surface area contributed by atoms with Crippen LogP contribution in [0.4, 0.5) is 5.69 Å². The van der Waals surface area contributed by atoms with E-state index in [4.69, 9.17) is 0 Å². The Morgan fingerprint density at radius 1 is 1.38 bits per heavy atom. The lowest BCUT2D eigenvalue weighted by Crippen LogP contribution is -2.19. The predicted octanol–water partition coefficient (Wildman–Crippen LogP) is 2.93. The van der Waals surface area contributed by atoms with Crippen molar-refractivity contribution in [1.82, 2.24) is 0 Å². The minimum Gasteiger partial charge on any atom is -0.258 e. The van der Waals surface area contributed by atoms with Gasteiger partial charge in [-0.2, -0.15) is 5.26 Å². The summed E-state index contributed by atoms with van der Waals surface area (Å²) in [5, 5.41) is 20.0. The minimum atomic E-state index is -0.494. The fraction of sp³-hybridized carbons (Fsp3) is 0.417. The molecule has 1 aliphatic rings. The SMILES string of the molecule is N#CC1(c2cccc([N+](=O)[O-])c2)CCCC1. The van der Waals surface area contributed by atoms with Crippen molar-refractivity contribution in [1.29, 1.82) is 5.26 Å². The lowest BCUT2D eigenvalue weighted by Gasteiger charge is -2.20. The molecule has 2 rings (SSSR count). The van der Waals surface area contributed by atoms with Crippen LogP contribution in [0.5, 0.6) is 0 Å². The number of hydrogen-bond donors (Lipinski definition) is 0. The molecule has 0 atom stereocenters. The number of nitro benzene ring substituents is 1. The van der Waals surface area contributed by atoms with Crippen LogP contribution in [-0.4, -0.2) is 4.92 Å². The van der Waals surface area contributed by atoms with Gasteiger partial charge in [0.05, 0.1) is 16.4 Å². The van der Waals surface area contributed by atoms with Gasteiger partial charge >= 0.3 is 0 Å². The molecule has 1 aromatic rings. The van der Waals surface area contributed by atoms with Gasteiger partial charge in [0.15, 0.2) is 0 Å². The molecule has 1 aliphatic carbocycles. The van der Waals surface area contributed by atoms with Crippen molar-refractivity contribution >= 4 is 5.69 Å². The number of nitro groups is 1. The molecule has 0 radical (unpaired) electrons. The van der Waals surface area contributed by atoms with Crippen LogP contribution in [0.3, 0.4) is 0 Å². The molecule has 0 aliphatic heterocycles. The number of nitrogens with zero attached hydrogens (tertiary/aromatic N) is 2. The van der Waals surface area contributed by atoms with Crippen LogP contribution in [0.15, 0.2) is 24.3 Å². The summed E-state index contributed by atoms with van der Waals surface area (Å²) in [6.45, 7) is 0. The number of non-ortho nitro benzene ring substituents is 1. The fourth-order valence-electron chi connectivity index (χ4n) is 2.36. The molecule has 4 heteroatoms. The number of rotatable bonds is 2. The second kappa shape index (κ2) is 3.93. The van der Waals surface area contributed by atoms with Crippen molar-refractivity contribution in [2.45, 2.75) is 31.1 Å². The maximum Gasteiger partial charge on any atom is 0.269 e. The zero-order valence-electron chi connectivity index (χ0n) is 8.85. The Labute approximate surface area is 93.7 Å². The molecule has 82 valence electrons. The van der Waals surface area contributed by atoms with Gasteiger partial charge in [-0.1, -0.05) is 25.0 Å². The van der Waals surface area contributed by atoms with Crippen LogP contribution < -0.4 is 0 Å². The molecule has 0 saturated heterocycles. The Morgan fingerprint density at radius 3 is 2.62 bits per heavy atom. The van der Waals surface area contributed by atoms with Gasteiger partial charge in [0, 0.05) is 12.1 Å². The van der Waals surface area contributed by atoms with E-state index in [0.29, 0.717) is 0 Å². The van der Waals surface area contributed by atoms with Crippen molar-refractivity contribution in [3.8, 4) is 6.07 Å². The van der Waals surface area contributed by atoms with E-state index in [-0.39, 0.29) is 5.69 Å². The largest absolute Gasteiger partial charge is 0.269 e. The summed E-state index contributed by atoms with van der Waals surface area (Å²) in [7, 11) is 0. The molecule has 16 heavy (non-hydrogen) atoms. The average molecular weight is 216 g/mol. The average Bonchev–Trinajstić information content (AvgIpc) is 2.79. The summed E-state index contributed by atoms with van der Waals surface area (Å²) in [5.74, 6) is 0. The number of nitriles is 1. The molecule has 4 nitrogen and oxygen atoms in total. The van der Waals surface area contributed by atoms with E-state index in [1.165, 1.54) is 12.1 Å². The minimum absolute atomic E-state index is 0.0685. The summed E-state index contributed by atoms with van der Waals surface area (Å²) in [6, 6.07) is 8.81. The second-order valence-electron chi connectivity index (χ2n) is 4.21. The second-order valence-corrected chi connectivity index (χ2v) is 4.21. The van der Waals surface area contributed by atoms with Gasteiger partial charge in [-0.05, 0) is 18.4 Å². The summed E-state index contributed by atoms with van der Waals surface area (Å²) in [6.07, 6.45) is 3.67. The van der Waals surface area contributed by atoms with Crippen LogP contribution in [0.25, 0.3) is 0 Å². The zero-order chi connectivity index (χ0) is 11.6. The number of hydrogen-bond acceptors (Lipinski definition) is 3. The van der Waals surface area contributed by atoms with Crippen molar-refractivity contribution < 1.29 is 4.92 Å². The highest BCUT2D eigenvalue weighted by Gasteiger charge is 2.36. The Balaban J connectivity index is 2.43. The third kappa shape index (κ3) is 1.65. The lowest BCUT2D eigenvalue weighted by atomic mass is 9.80. The standard InChI is InChI=1S/C12H12N2O2/c13-9-12(6-1-2-7-12)10-4-3-5-11(8-10)14(15)16/h3-5,8H,1-2,6-7H2. The molecule has 0 amide bonds. The third-order valence-corrected chi connectivity index (χ3v) is 3.28. The van der Waals surface area contributed by atoms with E-state index in [0.717, 1.165) is 31.2 Å². The summed E-state index contributed by atoms with van der Waals surface area (Å²) in [4.78, 5) is 10.3. The zero-order valence-corrected chi connectivity index (χ0v) is 8.85. The van der Waals surface area contributed by atoms with Gasteiger partial charge in [-0.3, -0.25) is 10.1 Å². The molecular formula is C12H12N2O2. The van der Waals surface area contributed by atoms with E-state index < -0.39 is 10.3 Å². The van der Waals surface area contributed by atoms with E-state index in [1.807, 2.05) is 6.07 Å². The smallest absolute Gasteiger partial charge is 0.258 e. The maximum atomic E-state index is 10.7. The molecule has 0 aromatic heterocycles. The van der Waals surface area contributed by atoms with Gasteiger partial charge < -0.3 is 0 Å². The predicted molar refractivity (Wildman–Crippen MR) is 58.9 cm³/mol. The first-order valence-electron chi connectivity index (χ1n) is 5.34. The van der Waals surface area contributed by atoms with Crippen LogP contribution in [0.2, 0.25) is 0 Å². The fourth-order valence-corrected chi connectivity index (χ4v) is 2.36. The van der Waals surface area contributed by atoms with Crippen LogP contribution >= 0.6 is 0 Å².